The van der Waals surface area contributed by atoms with E-state index in [1.54, 1.807) is 6.92 Å². The summed E-state index contributed by atoms with van der Waals surface area (Å²) in [6.45, 7) is 8.97. The van der Waals surface area contributed by atoms with Crippen LogP contribution in [0.3, 0.4) is 0 Å². The Bertz CT molecular complexity index is 1710. The average molecular weight is 922 g/mol. The fourth-order valence-corrected chi connectivity index (χ4v) is 6.50. The van der Waals surface area contributed by atoms with Crippen molar-refractivity contribution in [3.63, 3.8) is 0 Å². The zero-order chi connectivity index (χ0) is 49.2. The van der Waals surface area contributed by atoms with E-state index < -0.39 is 89.6 Å². The van der Waals surface area contributed by atoms with Crippen LogP contribution in [0.5, 0.6) is 0 Å². The predicted octanol–water partition coefficient (Wildman–Crippen LogP) is -5.28. The summed E-state index contributed by atoms with van der Waals surface area (Å²) in [5.74, 6) is -6.63. The van der Waals surface area contributed by atoms with E-state index in [0.717, 1.165) is 0 Å². The number of hydrogen-bond donors (Lipinski definition) is 15. The van der Waals surface area contributed by atoms with Gasteiger partial charge in [-0.2, -0.15) is 0 Å². The second-order valence-electron chi connectivity index (χ2n) is 16.3. The molecular formula is C39H75N19O7. The van der Waals surface area contributed by atoms with Crippen molar-refractivity contribution in [2.24, 2.45) is 77.7 Å². The summed E-state index contributed by atoms with van der Waals surface area (Å²) in [5.41, 5.74) is 43.9. The molecule has 0 spiro atoms. The van der Waals surface area contributed by atoms with Gasteiger partial charge in [0.2, 0.25) is 41.4 Å². The second kappa shape index (κ2) is 29.7. The summed E-state index contributed by atoms with van der Waals surface area (Å²) >= 11 is 0. The number of carbonyl (C=O) groups is 7. The van der Waals surface area contributed by atoms with Gasteiger partial charge in [-0.1, -0.05) is 34.1 Å². The smallest absolute Gasteiger partial charge is 0.243 e. The van der Waals surface area contributed by atoms with Gasteiger partial charge in [0.05, 0.1) is 0 Å². The fraction of sp³-hybridized carbons (Fsp3) is 0.718. The lowest BCUT2D eigenvalue weighted by Gasteiger charge is -2.30. The van der Waals surface area contributed by atoms with Gasteiger partial charge in [0.1, 0.15) is 42.3 Å². The molecule has 1 heterocycles. The molecule has 0 saturated carbocycles. The Morgan fingerprint density at radius 1 is 0.446 bits per heavy atom. The molecule has 0 aliphatic carbocycles. The molecule has 8 unspecified atom stereocenters. The third kappa shape index (κ3) is 23.0. The molecule has 23 N–H and O–H groups in total. The molecule has 1 aliphatic heterocycles. The van der Waals surface area contributed by atoms with E-state index in [2.05, 4.69) is 57.2 Å². The van der Waals surface area contributed by atoms with Gasteiger partial charge in [0, 0.05) is 26.2 Å². The monoisotopic (exact) mass is 922 g/mol. The van der Waals surface area contributed by atoms with Gasteiger partial charge in [0.15, 0.2) is 23.8 Å². The van der Waals surface area contributed by atoms with Crippen LogP contribution < -0.4 is 83.1 Å². The van der Waals surface area contributed by atoms with E-state index >= 15 is 0 Å². The van der Waals surface area contributed by atoms with Gasteiger partial charge in [0.25, 0.3) is 0 Å². The molecule has 0 aromatic heterocycles. The van der Waals surface area contributed by atoms with Crippen molar-refractivity contribution in [2.75, 3.05) is 26.2 Å². The van der Waals surface area contributed by atoms with Crippen LogP contribution in [0.4, 0.5) is 0 Å². The first kappa shape index (κ1) is 56.4. The third-order valence-electron chi connectivity index (χ3n) is 10.2. The Labute approximate surface area is 380 Å². The van der Waals surface area contributed by atoms with E-state index in [9.17, 15) is 33.6 Å². The zero-order valence-electron chi connectivity index (χ0n) is 38.4. The van der Waals surface area contributed by atoms with Crippen molar-refractivity contribution >= 4 is 65.2 Å². The van der Waals surface area contributed by atoms with E-state index in [1.165, 1.54) is 6.92 Å². The van der Waals surface area contributed by atoms with Crippen molar-refractivity contribution in [1.82, 2.24) is 37.2 Å². The molecule has 7 amide bonds. The number of hydrogen-bond acceptors (Lipinski definition) is 11. The number of guanidine groups is 4. The maximum atomic E-state index is 14.2. The highest BCUT2D eigenvalue weighted by molar-refractivity contribution is 5.98. The highest BCUT2D eigenvalue weighted by Gasteiger charge is 2.36. The summed E-state index contributed by atoms with van der Waals surface area (Å²) in [4.78, 5) is 114. The zero-order valence-corrected chi connectivity index (χ0v) is 38.4. The van der Waals surface area contributed by atoms with Crippen molar-refractivity contribution < 1.29 is 33.6 Å². The maximum absolute atomic E-state index is 14.2. The molecule has 0 aromatic carbocycles. The second-order valence-corrected chi connectivity index (χ2v) is 16.3. The van der Waals surface area contributed by atoms with Crippen LogP contribution in [0.1, 0.15) is 98.8 Å². The Balaban J connectivity index is 3.96. The van der Waals surface area contributed by atoms with Gasteiger partial charge >= 0.3 is 0 Å². The van der Waals surface area contributed by atoms with Crippen LogP contribution in [-0.4, -0.2) is 134 Å². The first-order chi connectivity index (χ1) is 30.5. The highest BCUT2D eigenvalue weighted by Crippen LogP contribution is 2.14. The molecule has 0 aromatic rings. The summed E-state index contributed by atoms with van der Waals surface area (Å²) in [6.07, 6.45) is 1.36. The van der Waals surface area contributed by atoms with Gasteiger partial charge in [-0.05, 0) is 76.5 Å². The Hall–Kier alpha value is -6.63. The fourth-order valence-electron chi connectivity index (χ4n) is 6.50. The largest absolute Gasteiger partial charge is 0.370 e. The van der Waals surface area contributed by atoms with Crippen LogP contribution in [0.15, 0.2) is 20.0 Å². The van der Waals surface area contributed by atoms with Crippen LogP contribution in [0, 0.1) is 11.8 Å². The van der Waals surface area contributed by atoms with E-state index in [-0.39, 0.29) is 114 Å². The lowest BCUT2D eigenvalue weighted by atomic mass is 9.96. The van der Waals surface area contributed by atoms with Gasteiger partial charge in [-0.3, -0.25) is 53.5 Å². The van der Waals surface area contributed by atoms with Crippen LogP contribution in [0.2, 0.25) is 0 Å². The van der Waals surface area contributed by atoms with Crippen LogP contribution >= 0.6 is 0 Å². The maximum Gasteiger partial charge on any atom is 0.243 e. The molecular weight excluding hydrogens is 847 g/mol. The van der Waals surface area contributed by atoms with Gasteiger partial charge < -0.3 is 83.1 Å². The van der Waals surface area contributed by atoms with Crippen molar-refractivity contribution in [3.05, 3.63) is 0 Å². The quantitative estimate of drug-likeness (QED) is 0.0308. The van der Waals surface area contributed by atoms with Crippen LogP contribution in [0.25, 0.3) is 0 Å². The minimum Gasteiger partial charge on any atom is -0.370 e. The normalized spacial score (nSPS) is 23.4. The number of nitrogens with two attached hydrogens (primary N) is 8. The molecule has 26 heteroatoms. The first-order valence-corrected chi connectivity index (χ1v) is 21.9. The molecule has 0 bridgehead atoms. The number of aliphatic imine (C=N–C) groups is 4. The number of carbonyl (C=O) groups excluding carboxylic acids is 7. The predicted molar refractivity (Wildman–Crippen MR) is 248 cm³/mol. The summed E-state index contributed by atoms with van der Waals surface area (Å²) < 4.78 is 0. The van der Waals surface area contributed by atoms with Crippen molar-refractivity contribution in [3.8, 4) is 0 Å². The van der Waals surface area contributed by atoms with Crippen LogP contribution in [-0.2, 0) is 33.6 Å². The topological polar surface area (TPSA) is 461 Å². The molecule has 1 aliphatic rings. The van der Waals surface area contributed by atoms with E-state index in [0.29, 0.717) is 6.42 Å². The Morgan fingerprint density at radius 3 is 1.06 bits per heavy atom. The SMILES string of the molecule is CCC(C)C1NC(=O)C(CCCN=C(N)N)NC(=O)C(CCCN=C(N)N)NC(=O)C(C)NC(=O)C(CCCN=C(N)N)NC(=O)C(CCCN=C(N)N)NC(=O)C(CC(C)C)NC1=O. The van der Waals surface area contributed by atoms with Crippen molar-refractivity contribution in [2.45, 2.75) is 141 Å². The first-order valence-electron chi connectivity index (χ1n) is 21.9. The Morgan fingerprint density at radius 2 is 0.738 bits per heavy atom. The number of nitrogens with zero attached hydrogens (tertiary/aromatic N) is 4. The standard InChI is InChI=1S/C39H75N19O7/c1-6-21(4)28-35(65)57-27(19-20(2)3)34(64)56-25(13-9-17-50-38(44)45)32(62)54-23(11-7-15-48-36(40)41)30(60)52-22(5)29(59)53-24(12-8-16-49-37(42)43)31(61)55-26(33(63)58-28)14-10-18-51-39(46)47/h20-28H,6-19H2,1-5H3,(H,52,60)(H,53,59)(H,54,62)(H,55,61)(H,56,64)(H,57,65)(H,58,63)(H4,40,41,48)(H4,42,43,49)(H4,44,45,50)(H4,46,47,51). The lowest BCUT2D eigenvalue weighted by molar-refractivity contribution is -0.136. The molecule has 8 atom stereocenters. The minimum absolute atomic E-state index is 0.000425. The number of amides is 7. The molecule has 1 fully saturated rings. The lowest BCUT2D eigenvalue weighted by Crippen LogP contribution is -2.60. The van der Waals surface area contributed by atoms with E-state index in [4.69, 9.17) is 45.9 Å². The van der Waals surface area contributed by atoms with E-state index in [1.807, 2.05) is 20.8 Å². The Kier molecular flexibility index (Phi) is 25.7. The molecule has 26 nitrogen and oxygen atoms in total. The molecule has 65 heavy (non-hydrogen) atoms. The third-order valence-corrected chi connectivity index (χ3v) is 10.2. The number of nitrogens with one attached hydrogen (secondary N) is 7. The molecule has 368 valence electrons. The molecule has 0 radical (unpaired) electrons. The molecule has 1 saturated heterocycles. The average Bonchev–Trinajstić information content (AvgIpc) is 3.22. The minimum atomic E-state index is -1.28. The van der Waals surface area contributed by atoms with Crippen molar-refractivity contribution in [1.29, 1.82) is 0 Å². The summed E-state index contributed by atoms with van der Waals surface area (Å²) in [6, 6.07) is -8.78. The molecule has 1 rings (SSSR count). The summed E-state index contributed by atoms with van der Waals surface area (Å²) in [5, 5.41) is 18.9. The number of rotatable bonds is 20. The summed E-state index contributed by atoms with van der Waals surface area (Å²) in [7, 11) is 0. The van der Waals surface area contributed by atoms with Gasteiger partial charge in [-0.15, -0.1) is 0 Å². The highest BCUT2D eigenvalue weighted by atomic mass is 16.2. The van der Waals surface area contributed by atoms with Gasteiger partial charge in [-0.25, -0.2) is 0 Å².